The van der Waals surface area contributed by atoms with E-state index in [-0.39, 0.29) is 12.0 Å². The number of rotatable bonds is 5. The molecule has 100 valence electrons. The van der Waals surface area contributed by atoms with Crippen molar-refractivity contribution in [3.63, 3.8) is 0 Å². The minimum Gasteiger partial charge on any atom is -0.464 e. The maximum Gasteiger partial charge on any atom is 0.354 e. The molecule has 0 radical (unpaired) electrons. The molecule has 2 aromatic heterocycles. The largest absolute Gasteiger partial charge is 0.464 e. The summed E-state index contributed by atoms with van der Waals surface area (Å²) in [5.74, 6) is -0.353. The Morgan fingerprint density at radius 1 is 1.37 bits per heavy atom. The van der Waals surface area contributed by atoms with E-state index in [1.165, 1.54) is 12.7 Å². The molecule has 0 aliphatic carbocycles. The number of carbonyl (C=O) groups is 1. The van der Waals surface area contributed by atoms with Crippen LogP contribution in [0.15, 0.2) is 36.7 Å². The molecule has 19 heavy (non-hydrogen) atoms. The zero-order chi connectivity index (χ0) is 13.7. The molecule has 2 aromatic rings. The highest BCUT2D eigenvalue weighted by Crippen LogP contribution is 2.11. The lowest BCUT2D eigenvalue weighted by atomic mass is 10.1. The van der Waals surface area contributed by atoms with Crippen LogP contribution >= 0.6 is 0 Å². The Labute approximate surface area is 112 Å². The van der Waals surface area contributed by atoms with Crippen molar-refractivity contribution >= 4 is 5.97 Å². The van der Waals surface area contributed by atoms with Gasteiger partial charge in [0.25, 0.3) is 0 Å². The molecule has 0 saturated heterocycles. The Hall–Kier alpha value is -2.14. The SMILES string of the molecule is COC(=O)c1ccc(CN[C@H](C)c2ccncc2)[nH]1. The minimum atomic E-state index is -0.353. The molecule has 0 aromatic carbocycles. The molecule has 2 heterocycles. The van der Waals surface area contributed by atoms with Crippen molar-refractivity contribution in [2.24, 2.45) is 0 Å². The Balaban J connectivity index is 1.92. The quantitative estimate of drug-likeness (QED) is 0.806. The maximum absolute atomic E-state index is 11.3. The summed E-state index contributed by atoms with van der Waals surface area (Å²) in [6, 6.07) is 7.77. The first kappa shape index (κ1) is 13.3. The van der Waals surface area contributed by atoms with Gasteiger partial charge in [0.15, 0.2) is 0 Å². The molecule has 0 fully saturated rings. The van der Waals surface area contributed by atoms with Gasteiger partial charge in [-0.05, 0) is 36.8 Å². The van der Waals surface area contributed by atoms with Gasteiger partial charge in [-0.15, -0.1) is 0 Å². The van der Waals surface area contributed by atoms with E-state index >= 15 is 0 Å². The average Bonchev–Trinajstić information content (AvgIpc) is 2.93. The molecule has 0 spiro atoms. The van der Waals surface area contributed by atoms with Gasteiger partial charge in [0.2, 0.25) is 0 Å². The first-order valence-corrected chi connectivity index (χ1v) is 6.10. The van der Waals surface area contributed by atoms with Crippen LogP contribution in [0.1, 0.15) is 34.7 Å². The van der Waals surface area contributed by atoms with Crippen LogP contribution in [0.2, 0.25) is 0 Å². The van der Waals surface area contributed by atoms with Crippen LogP contribution in [-0.4, -0.2) is 23.0 Å². The van der Waals surface area contributed by atoms with Crippen molar-refractivity contribution < 1.29 is 9.53 Å². The Morgan fingerprint density at radius 3 is 2.79 bits per heavy atom. The lowest BCUT2D eigenvalue weighted by Crippen LogP contribution is -2.18. The van der Waals surface area contributed by atoms with Crippen LogP contribution in [0.25, 0.3) is 0 Å². The standard InChI is InChI=1S/C14H17N3O2/c1-10(11-5-7-15-8-6-11)16-9-12-3-4-13(17-12)14(18)19-2/h3-8,10,16-17H,9H2,1-2H3/t10-/m1/s1. The van der Waals surface area contributed by atoms with Gasteiger partial charge in [-0.1, -0.05) is 0 Å². The number of methoxy groups -OCH3 is 1. The van der Waals surface area contributed by atoms with Crippen LogP contribution < -0.4 is 5.32 Å². The van der Waals surface area contributed by atoms with Crippen LogP contribution in [0, 0.1) is 0 Å². The van der Waals surface area contributed by atoms with Crippen molar-refractivity contribution in [1.82, 2.24) is 15.3 Å². The molecule has 0 saturated carbocycles. The van der Waals surface area contributed by atoms with E-state index in [0.717, 1.165) is 5.69 Å². The number of aromatic nitrogens is 2. The molecule has 0 unspecified atom stereocenters. The zero-order valence-electron chi connectivity index (χ0n) is 11.0. The third-order valence-electron chi connectivity index (χ3n) is 2.96. The molecule has 5 nitrogen and oxygen atoms in total. The van der Waals surface area contributed by atoms with Gasteiger partial charge in [0, 0.05) is 30.7 Å². The number of pyridine rings is 1. The van der Waals surface area contributed by atoms with E-state index < -0.39 is 0 Å². The number of ether oxygens (including phenoxy) is 1. The monoisotopic (exact) mass is 259 g/mol. The van der Waals surface area contributed by atoms with E-state index in [9.17, 15) is 4.79 Å². The van der Waals surface area contributed by atoms with Gasteiger partial charge < -0.3 is 15.0 Å². The maximum atomic E-state index is 11.3. The highest BCUT2D eigenvalue weighted by molar-refractivity contribution is 5.87. The van der Waals surface area contributed by atoms with Gasteiger partial charge in [-0.3, -0.25) is 4.98 Å². The number of nitrogens with one attached hydrogen (secondary N) is 2. The molecular formula is C14H17N3O2. The normalized spacial score (nSPS) is 12.1. The second-order valence-corrected chi connectivity index (χ2v) is 4.27. The van der Waals surface area contributed by atoms with Crippen molar-refractivity contribution in [3.8, 4) is 0 Å². The summed E-state index contributed by atoms with van der Waals surface area (Å²) < 4.78 is 4.65. The summed E-state index contributed by atoms with van der Waals surface area (Å²) >= 11 is 0. The third-order valence-corrected chi connectivity index (χ3v) is 2.96. The van der Waals surface area contributed by atoms with Crippen LogP contribution in [0.3, 0.4) is 0 Å². The average molecular weight is 259 g/mol. The summed E-state index contributed by atoms with van der Waals surface area (Å²) in [6.45, 7) is 2.74. The van der Waals surface area contributed by atoms with Gasteiger partial charge >= 0.3 is 5.97 Å². The first-order valence-electron chi connectivity index (χ1n) is 6.10. The van der Waals surface area contributed by atoms with E-state index in [0.29, 0.717) is 12.2 Å². The highest BCUT2D eigenvalue weighted by atomic mass is 16.5. The predicted octanol–water partition coefficient (Wildman–Crippen LogP) is 2.05. The van der Waals surface area contributed by atoms with Crippen molar-refractivity contribution in [3.05, 3.63) is 53.6 Å². The number of carbonyl (C=O) groups excluding carboxylic acids is 1. The summed E-state index contributed by atoms with van der Waals surface area (Å²) in [7, 11) is 1.37. The molecule has 0 amide bonds. The summed E-state index contributed by atoms with van der Waals surface area (Å²) in [6.07, 6.45) is 3.55. The lowest BCUT2D eigenvalue weighted by molar-refractivity contribution is 0.0594. The second kappa shape index (κ2) is 6.15. The number of nitrogens with zero attached hydrogens (tertiary/aromatic N) is 1. The molecule has 2 rings (SSSR count). The Kier molecular flexibility index (Phi) is 4.30. The van der Waals surface area contributed by atoms with Crippen molar-refractivity contribution in [1.29, 1.82) is 0 Å². The smallest absolute Gasteiger partial charge is 0.354 e. The topological polar surface area (TPSA) is 67.0 Å². The summed E-state index contributed by atoms with van der Waals surface area (Å²) in [4.78, 5) is 18.3. The number of H-pyrrole nitrogens is 1. The second-order valence-electron chi connectivity index (χ2n) is 4.27. The van der Waals surface area contributed by atoms with E-state index in [1.807, 2.05) is 18.2 Å². The molecule has 0 aliphatic rings. The van der Waals surface area contributed by atoms with Crippen molar-refractivity contribution in [2.45, 2.75) is 19.5 Å². The zero-order valence-corrected chi connectivity index (χ0v) is 11.0. The fourth-order valence-electron chi connectivity index (χ4n) is 1.81. The highest BCUT2D eigenvalue weighted by Gasteiger charge is 2.09. The summed E-state index contributed by atoms with van der Waals surface area (Å²) in [5, 5.41) is 3.37. The molecule has 0 bridgehead atoms. The molecular weight excluding hydrogens is 242 g/mol. The fraction of sp³-hybridized carbons (Fsp3) is 0.286. The fourth-order valence-corrected chi connectivity index (χ4v) is 1.81. The van der Waals surface area contributed by atoms with Crippen LogP contribution in [-0.2, 0) is 11.3 Å². The number of aromatic amines is 1. The number of esters is 1. The molecule has 0 aliphatic heterocycles. The number of hydrogen-bond donors (Lipinski definition) is 2. The van der Waals surface area contributed by atoms with Crippen molar-refractivity contribution in [2.75, 3.05) is 7.11 Å². The Bertz CT molecular complexity index is 537. The Morgan fingerprint density at radius 2 is 2.11 bits per heavy atom. The van der Waals surface area contributed by atoms with Gasteiger partial charge in [-0.2, -0.15) is 0 Å². The van der Waals surface area contributed by atoms with Gasteiger partial charge in [-0.25, -0.2) is 4.79 Å². The molecule has 2 N–H and O–H groups in total. The third kappa shape index (κ3) is 3.42. The molecule has 5 heteroatoms. The lowest BCUT2D eigenvalue weighted by Gasteiger charge is -2.13. The van der Waals surface area contributed by atoms with E-state index in [2.05, 4.69) is 26.9 Å². The van der Waals surface area contributed by atoms with Gasteiger partial charge in [0.1, 0.15) is 5.69 Å². The minimum absolute atomic E-state index is 0.216. The van der Waals surface area contributed by atoms with Crippen LogP contribution in [0.4, 0.5) is 0 Å². The predicted molar refractivity (Wildman–Crippen MR) is 71.6 cm³/mol. The molecule has 1 atom stereocenters. The first-order chi connectivity index (χ1) is 9.20. The summed E-state index contributed by atoms with van der Waals surface area (Å²) in [5.41, 5.74) is 2.59. The van der Waals surface area contributed by atoms with Crippen LogP contribution in [0.5, 0.6) is 0 Å². The van der Waals surface area contributed by atoms with E-state index in [4.69, 9.17) is 0 Å². The van der Waals surface area contributed by atoms with E-state index in [1.54, 1.807) is 18.5 Å². The number of hydrogen-bond acceptors (Lipinski definition) is 4. The van der Waals surface area contributed by atoms with Gasteiger partial charge in [0.05, 0.1) is 7.11 Å².